The van der Waals surface area contributed by atoms with E-state index in [1.54, 1.807) is 0 Å². The first-order valence-corrected chi connectivity index (χ1v) is 5.63. The van der Waals surface area contributed by atoms with Crippen LogP contribution in [0.25, 0.3) is 0 Å². The van der Waals surface area contributed by atoms with E-state index in [0.29, 0.717) is 12.3 Å². The highest BCUT2D eigenvalue weighted by Gasteiger charge is 2.29. The topological polar surface area (TPSA) is 58.4 Å². The second-order valence-electron chi connectivity index (χ2n) is 4.29. The molecule has 1 aromatic heterocycles. The van der Waals surface area contributed by atoms with Crippen LogP contribution in [0.1, 0.15) is 19.2 Å². The van der Waals surface area contributed by atoms with E-state index in [1.807, 2.05) is 12.4 Å². The van der Waals surface area contributed by atoms with E-state index >= 15 is 0 Å². The van der Waals surface area contributed by atoms with Crippen LogP contribution in [0.5, 0.6) is 0 Å². The molecule has 5 nitrogen and oxygen atoms in total. The summed E-state index contributed by atoms with van der Waals surface area (Å²) in [5.41, 5.74) is 0. The molecule has 0 radical (unpaired) electrons. The fourth-order valence-electron chi connectivity index (χ4n) is 2.16. The van der Waals surface area contributed by atoms with Crippen molar-refractivity contribution in [3.05, 3.63) is 18.2 Å². The Morgan fingerprint density at radius 2 is 2.38 bits per heavy atom. The average molecular weight is 223 g/mol. The lowest BCUT2D eigenvalue weighted by Crippen LogP contribution is -2.47. The average Bonchev–Trinajstić information content (AvgIpc) is 2.61. The van der Waals surface area contributed by atoms with Gasteiger partial charge in [0, 0.05) is 32.0 Å². The molecule has 0 saturated carbocycles. The Bertz CT molecular complexity index is 369. The molecule has 1 fully saturated rings. The van der Waals surface area contributed by atoms with Crippen LogP contribution in [0.4, 0.5) is 0 Å². The van der Waals surface area contributed by atoms with Crippen LogP contribution >= 0.6 is 0 Å². The van der Waals surface area contributed by atoms with Gasteiger partial charge in [-0.3, -0.25) is 9.69 Å². The second kappa shape index (κ2) is 4.65. The van der Waals surface area contributed by atoms with Crippen LogP contribution in [-0.2, 0) is 17.9 Å². The van der Waals surface area contributed by atoms with E-state index in [0.717, 1.165) is 32.0 Å². The minimum Gasteiger partial charge on any atom is -0.481 e. The van der Waals surface area contributed by atoms with Gasteiger partial charge >= 0.3 is 5.97 Å². The highest BCUT2D eigenvalue weighted by molar-refractivity contribution is 5.67. The first-order chi connectivity index (χ1) is 7.69. The zero-order valence-corrected chi connectivity index (χ0v) is 9.46. The predicted molar refractivity (Wildman–Crippen MR) is 58.9 cm³/mol. The third-order valence-electron chi connectivity index (χ3n) is 3.00. The zero-order valence-electron chi connectivity index (χ0n) is 9.46. The molecule has 0 aromatic carbocycles. The summed E-state index contributed by atoms with van der Waals surface area (Å²) >= 11 is 0. The Morgan fingerprint density at radius 1 is 1.62 bits per heavy atom. The summed E-state index contributed by atoms with van der Waals surface area (Å²) in [6.07, 6.45) is 4.08. The van der Waals surface area contributed by atoms with Crippen molar-refractivity contribution >= 4 is 5.97 Å². The molecule has 0 spiro atoms. The van der Waals surface area contributed by atoms with Gasteiger partial charge in [-0.15, -0.1) is 0 Å². The number of carboxylic acid groups (broad SMARTS) is 1. The number of hydrogen-bond donors (Lipinski definition) is 1. The third-order valence-corrected chi connectivity index (χ3v) is 3.00. The molecule has 16 heavy (non-hydrogen) atoms. The van der Waals surface area contributed by atoms with E-state index in [2.05, 4.69) is 21.4 Å². The van der Waals surface area contributed by atoms with Gasteiger partial charge in [0.15, 0.2) is 0 Å². The molecule has 0 atom stereocenters. The van der Waals surface area contributed by atoms with E-state index in [1.165, 1.54) is 0 Å². The lowest BCUT2D eigenvalue weighted by atomic mass is 9.96. The molecule has 1 saturated heterocycles. The quantitative estimate of drug-likeness (QED) is 0.802. The maximum atomic E-state index is 10.5. The van der Waals surface area contributed by atoms with E-state index < -0.39 is 5.97 Å². The molecule has 0 amide bonds. The minimum atomic E-state index is -0.695. The van der Waals surface area contributed by atoms with E-state index in [-0.39, 0.29) is 0 Å². The first kappa shape index (κ1) is 11.1. The fraction of sp³-hybridized carbons (Fsp3) is 0.636. The van der Waals surface area contributed by atoms with Crippen molar-refractivity contribution < 1.29 is 9.90 Å². The molecule has 88 valence electrons. The van der Waals surface area contributed by atoms with Gasteiger partial charge in [0.1, 0.15) is 5.82 Å². The van der Waals surface area contributed by atoms with Crippen molar-refractivity contribution in [2.45, 2.75) is 26.4 Å². The van der Waals surface area contributed by atoms with Crippen LogP contribution in [0, 0.1) is 5.92 Å². The Hall–Kier alpha value is -1.36. The maximum absolute atomic E-state index is 10.5. The molecule has 0 bridgehead atoms. The van der Waals surface area contributed by atoms with Gasteiger partial charge in [-0.25, -0.2) is 4.98 Å². The Labute approximate surface area is 94.7 Å². The molecule has 1 aliphatic heterocycles. The normalized spacial score (nSPS) is 17.3. The number of imidazole rings is 1. The number of nitrogens with zero attached hydrogens (tertiary/aromatic N) is 3. The van der Waals surface area contributed by atoms with Gasteiger partial charge < -0.3 is 9.67 Å². The molecule has 1 N–H and O–H groups in total. The van der Waals surface area contributed by atoms with Crippen LogP contribution in [-0.4, -0.2) is 38.6 Å². The Balaban J connectivity index is 1.79. The first-order valence-electron chi connectivity index (χ1n) is 5.63. The van der Waals surface area contributed by atoms with Crippen LogP contribution < -0.4 is 0 Å². The summed E-state index contributed by atoms with van der Waals surface area (Å²) in [6, 6.07) is 0. The lowest BCUT2D eigenvalue weighted by molar-refractivity contribution is -0.139. The molecule has 2 rings (SSSR count). The molecule has 1 aliphatic rings. The van der Waals surface area contributed by atoms with Crippen molar-refractivity contribution in [2.75, 3.05) is 13.1 Å². The molecule has 0 aliphatic carbocycles. The fourth-order valence-corrected chi connectivity index (χ4v) is 2.16. The minimum absolute atomic E-state index is 0.290. The summed E-state index contributed by atoms with van der Waals surface area (Å²) in [6.45, 7) is 5.61. The van der Waals surface area contributed by atoms with Crippen LogP contribution in [0.15, 0.2) is 12.4 Å². The molecule has 5 heteroatoms. The summed E-state index contributed by atoms with van der Waals surface area (Å²) in [7, 11) is 0. The number of carbonyl (C=O) groups is 1. The van der Waals surface area contributed by atoms with Gasteiger partial charge in [0.2, 0.25) is 0 Å². The third kappa shape index (κ3) is 2.41. The number of hydrogen-bond acceptors (Lipinski definition) is 3. The summed E-state index contributed by atoms with van der Waals surface area (Å²) in [5, 5.41) is 8.64. The highest BCUT2D eigenvalue weighted by atomic mass is 16.4. The van der Waals surface area contributed by atoms with Gasteiger partial charge in [0.25, 0.3) is 0 Å². The molecule has 1 aromatic rings. The summed E-state index contributed by atoms with van der Waals surface area (Å²) < 4.78 is 2.12. The number of aliphatic carboxylic acids is 1. The smallest absolute Gasteiger partial charge is 0.303 e. The largest absolute Gasteiger partial charge is 0.481 e. The van der Waals surface area contributed by atoms with Crippen LogP contribution in [0.3, 0.4) is 0 Å². The monoisotopic (exact) mass is 223 g/mol. The van der Waals surface area contributed by atoms with Crippen molar-refractivity contribution in [3.8, 4) is 0 Å². The Morgan fingerprint density at radius 3 is 3.00 bits per heavy atom. The zero-order chi connectivity index (χ0) is 11.5. The van der Waals surface area contributed by atoms with Crippen molar-refractivity contribution in [1.29, 1.82) is 0 Å². The van der Waals surface area contributed by atoms with Gasteiger partial charge in [0.05, 0.1) is 13.0 Å². The molecule has 0 unspecified atom stereocenters. The molecular formula is C11H17N3O2. The lowest BCUT2D eigenvalue weighted by Gasteiger charge is -2.38. The van der Waals surface area contributed by atoms with Crippen LogP contribution in [0.2, 0.25) is 0 Å². The van der Waals surface area contributed by atoms with Crippen molar-refractivity contribution in [2.24, 2.45) is 5.92 Å². The summed E-state index contributed by atoms with van der Waals surface area (Å²) in [4.78, 5) is 17.0. The number of carboxylic acids is 1. The second-order valence-corrected chi connectivity index (χ2v) is 4.29. The van der Waals surface area contributed by atoms with Gasteiger partial charge in [-0.1, -0.05) is 0 Å². The highest BCUT2D eigenvalue weighted by Crippen LogP contribution is 2.20. The number of likely N-dealkylation sites (tertiary alicyclic amines) is 1. The van der Waals surface area contributed by atoms with E-state index in [9.17, 15) is 4.79 Å². The Kier molecular flexibility index (Phi) is 3.24. The number of aryl methyl sites for hydroxylation is 1. The number of rotatable bonds is 5. The van der Waals surface area contributed by atoms with E-state index in [4.69, 9.17) is 5.11 Å². The SMILES string of the molecule is CCn1ccnc1CN1CC(CC(=O)O)C1. The predicted octanol–water partition coefficient (Wildman–Crippen LogP) is 0.809. The van der Waals surface area contributed by atoms with Crippen molar-refractivity contribution in [1.82, 2.24) is 14.5 Å². The van der Waals surface area contributed by atoms with Gasteiger partial charge in [-0.2, -0.15) is 0 Å². The standard InChI is InChI=1S/C11H17N3O2/c1-2-14-4-3-12-10(14)8-13-6-9(7-13)5-11(15)16/h3-4,9H,2,5-8H2,1H3,(H,15,16). The van der Waals surface area contributed by atoms with Crippen molar-refractivity contribution in [3.63, 3.8) is 0 Å². The molecular weight excluding hydrogens is 206 g/mol. The molecule has 2 heterocycles. The van der Waals surface area contributed by atoms with Gasteiger partial charge in [-0.05, 0) is 12.8 Å². The number of aromatic nitrogens is 2. The summed E-state index contributed by atoms with van der Waals surface area (Å²) in [5.74, 6) is 0.693. The maximum Gasteiger partial charge on any atom is 0.303 e.